The molecule has 3 rings (SSSR count). The van der Waals surface area contributed by atoms with Gasteiger partial charge in [0, 0.05) is 37.4 Å². The van der Waals surface area contributed by atoms with Crippen molar-refractivity contribution in [3.63, 3.8) is 0 Å². The second kappa shape index (κ2) is 8.38. The summed E-state index contributed by atoms with van der Waals surface area (Å²) < 4.78 is 0. The van der Waals surface area contributed by atoms with Crippen LogP contribution < -0.4 is 15.5 Å². The van der Waals surface area contributed by atoms with Gasteiger partial charge in [-0.05, 0) is 36.1 Å². The van der Waals surface area contributed by atoms with E-state index in [1.807, 2.05) is 30.3 Å². The van der Waals surface area contributed by atoms with E-state index in [1.54, 1.807) is 0 Å². The third-order valence-electron chi connectivity index (χ3n) is 4.46. The number of para-hydroxylation sites is 2. The number of carbonyl (C=O) groups excluding carboxylic acids is 1. The van der Waals surface area contributed by atoms with Gasteiger partial charge in [-0.25, -0.2) is 4.79 Å². The van der Waals surface area contributed by atoms with Gasteiger partial charge in [0.05, 0.1) is 0 Å². The Bertz CT molecular complexity index is 791. The van der Waals surface area contributed by atoms with Gasteiger partial charge in [-0.1, -0.05) is 36.4 Å². The maximum atomic E-state index is 12.1. The lowest BCUT2D eigenvalue weighted by Gasteiger charge is -2.21. The number of anilines is 2. The predicted octanol–water partition coefficient (Wildman–Crippen LogP) is 3.24. The Morgan fingerprint density at radius 2 is 1.85 bits per heavy atom. The van der Waals surface area contributed by atoms with E-state index in [9.17, 15) is 9.59 Å². The molecule has 0 radical (unpaired) electrons. The molecule has 3 N–H and O–H groups in total. The summed E-state index contributed by atoms with van der Waals surface area (Å²) in [6, 6.07) is 15.8. The average molecular weight is 353 g/mol. The minimum atomic E-state index is -0.858. The Kier molecular flexibility index (Phi) is 5.73. The summed E-state index contributed by atoms with van der Waals surface area (Å²) >= 11 is 0. The fourth-order valence-electron chi connectivity index (χ4n) is 3.16. The number of hydrogen-bond donors (Lipinski definition) is 3. The van der Waals surface area contributed by atoms with E-state index in [4.69, 9.17) is 5.11 Å². The fraction of sp³-hybridized carbons (Fsp3) is 0.300. The number of rotatable bonds is 7. The minimum absolute atomic E-state index is 0.0469. The number of benzene rings is 2. The Morgan fingerprint density at radius 1 is 1.08 bits per heavy atom. The van der Waals surface area contributed by atoms with Crippen LogP contribution in [0.1, 0.15) is 24.0 Å². The number of nitrogens with zero attached hydrogens (tertiary/aromatic N) is 1. The summed E-state index contributed by atoms with van der Waals surface area (Å²) in [6.45, 7) is 2.03. The summed E-state index contributed by atoms with van der Waals surface area (Å²) in [4.78, 5) is 24.9. The van der Waals surface area contributed by atoms with Crippen molar-refractivity contribution in [2.75, 3.05) is 23.3 Å². The molecule has 136 valence electrons. The van der Waals surface area contributed by atoms with Crippen molar-refractivity contribution in [1.82, 2.24) is 5.32 Å². The van der Waals surface area contributed by atoms with E-state index in [1.165, 1.54) is 11.3 Å². The third-order valence-corrected chi connectivity index (χ3v) is 4.46. The van der Waals surface area contributed by atoms with E-state index >= 15 is 0 Å². The lowest BCUT2D eigenvalue weighted by Crippen LogP contribution is -2.30. The smallest absolute Gasteiger partial charge is 0.319 e. The topological polar surface area (TPSA) is 81.7 Å². The quantitative estimate of drug-likeness (QED) is 0.668. The standard InChI is InChI=1S/C20H23N3O3/c24-19(25)10-5-12-21-20(26)22-17-8-3-1-7-16(17)14-23-13-11-15-6-2-4-9-18(15)23/h1-4,6-9H,5,10-14H2,(H,24,25)(H2,21,22,26). The predicted molar refractivity (Wildman–Crippen MR) is 102 cm³/mol. The van der Waals surface area contributed by atoms with E-state index in [-0.39, 0.29) is 12.5 Å². The molecule has 1 aliphatic heterocycles. The zero-order chi connectivity index (χ0) is 18.4. The third kappa shape index (κ3) is 4.53. The molecular formula is C20H23N3O3. The molecule has 6 nitrogen and oxygen atoms in total. The van der Waals surface area contributed by atoms with Gasteiger partial charge in [-0.2, -0.15) is 0 Å². The van der Waals surface area contributed by atoms with Gasteiger partial charge in [-0.15, -0.1) is 0 Å². The van der Waals surface area contributed by atoms with Gasteiger partial charge in [-0.3, -0.25) is 4.79 Å². The van der Waals surface area contributed by atoms with Gasteiger partial charge in [0.25, 0.3) is 0 Å². The van der Waals surface area contributed by atoms with Crippen molar-refractivity contribution >= 4 is 23.4 Å². The van der Waals surface area contributed by atoms with Crippen molar-refractivity contribution < 1.29 is 14.7 Å². The highest BCUT2D eigenvalue weighted by atomic mass is 16.4. The SMILES string of the molecule is O=C(O)CCCNC(=O)Nc1ccccc1CN1CCc2ccccc21. The van der Waals surface area contributed by atoms with Gasteiger partial charge < -0.3 is 20.6 Å². The Balaban J connectivity index is 1.60. The van der Waals surface area contributed by atoms with Crippen molar-refractivity contribution in [3.8, 4) is 0 Å². The van der Waals surface area contributed by atoms with E-state index in [0.717, 1.165) is 30.8 Å². The molecule has 0 saturated carbocycles. The molecule has 0 aromatic heterocycles. The number of urea groups is 1. The van der Waals surface area contributed by atoms with Gasteiger partial charge in [0.1, 0.15) is 0 Å². The van der Waals surface area contributed by atoms with Crippen LogP contribution in [0, 0.1) is 0 Å². The highest BCUT2D eigenvalue weighted by Gasteiger charge is 2.19. The van der Waals surface area contributed by atoms with Crippen LogP contribution in [0.15, 0.2) is 48.5 Å². The number of aliphatic carboxylic acids is 1. The number of carbonyl (C=O) groups is 2. The molecule has 6 heteroatoms. The summed E-state index contributed by atoms with van der Waals surface area (Å²) in [5, 5.41) is 14.2. The Morgan fingerprint density at radius 3 is 2.69 bits per heavy atom. The van der Waals surface area contributed by atoms with E-state index in [0.29, 0.717) is 13.0 Å². The second-order valence-corrected chi connectivity index (χ2v) is 6.34. The molecule has 26 heavy (non-hydrogen) atoms. The second-order valence-electron chi connectivity index (χ2n) is 6.34. The van der Waals surface area contributed by atoms with Crippen LogP contribution in [-0.4, -0.2) is 30.2 Å². The molecule has 0 spiro atoms. The number of fused-ring (bicyclic) bond motifs is 1. The van der Waals surface area contributed by atoms with Gasteiger partial charge in [0.15, 0.2) is 0 Å². The summed E-state index contributed by atoms with van der Waals surface area (Å²) in [6.07, 6.45) is 1.50. The van der Waals surface area contributed by atoms with Gasteiger partial charge in [0.2, 0.25) is 0 Å². The number of carboxylic acid groups (broad SMARTS) is 1. The zero-order valence-electron chi connectivity index (χ0n) is 14.6. The molecule has 2 aromatic carbocycles. The first kappa shape index (κ1) is 17.8. The van der Waals surface area contributed by atoms with Crippen molar-refractivity contribution in [3.05, 3.63) is 59.7 Å². The molecule has 0 unspecified atom stereocenters. The number of nitrogens with one attached hydrogen (secondary N) is 2. The zero-order valence-corrected chi connectivity index (χ0v) is 14.6. The molecule has 1 heterocycles. The molecule has 0 bridgehead atoms. The summed E-state index contributed by atoms with van der Waals surface area (Å²) in [5.74, 6) is -0.858. The summed E-state index contributed by atoms with van der Waals surface area (Å²) in [7, 11) is 0. The lowest BCUT2D eigenvalue weighted by atomic mass is 10.1. The van der Waals surface area contributed by atoms with Crippen LogP contribution in [-0.2, 0) is 17.8 Å². The highest BCUT2D eigenvalue weighted by molar-refractivity contribution is 5.90. The van der Waals surface area contributed by atoms with Crippen molar-refractivity contribution in [2.24, 2.45) is 0 Å². The molecule has 1 aliphatic rings. The molecular weight excluding hydrogens is 330 g/mol. The first-order valence-corrected chi connectivity index (χ1v) is 8.81. The van der Waals surface area contributed by atoms with Crippen molar-refractivity contribution in [2.45, 2.75) is 25.8 Å². The largest absolute Gasteiger partial charge is 0.481 e. The van der Waals surface area contributed by atoms with E-state index < -0.39 is 5.97 Å². The summed E-state index contributed by atoms with van der Waals surface area (Å²) in [5.41, 5.74) is 4.42. The molecule has 0 atom stereocenters. The van der Waals surface area contributed by atoms with Crippen molar-refractivity contribution in [1.29, 1.82) is 0 Å². The first-order valence-electron chi connectivity index (χ1n) is 8.81. The highest BCUT2D eigenvalue weighted by Crippen LogP contribution is 2.30. The van der Waals surface area contributed by atoms with Crippen LogP contribution in [0.25, 0.3) is 0 Å². The number of hydrogen-bond acceptors (Lipinski definition) is 3. The van der Waals surface area contributed by atoms with Crippen LogP contribution in [0.3, 0.4) is 0 Å². The number of carboxylic acids is 1. The van der Waals surface area contributed by atoms with Crippen LogP contribution in [0.4, 0.5) is 16.2 Å². The minimum Gasteiger partial charge on any atom is -0.481 e. The Hall–Kier alpha value is -3.02. The van der Waals surface area contributed by atoms with E-state index in [2.05, 4.69) is 33.7 Å². The molecule has 0 aliphatic carbocycles. The number of amides is 2. The monoisotopic (exact) mass is 353 g/mol. The fourth-order valence-corrected chi connectivity index (χ4v) is 3.16. The molecule has 2 amide bonds. The molecule has 2 aromatic rings. The maximum absolute atomic E-state index is 12.1. The van der Waals surface area contributed by atoms with Crippen LogP contribution >= 0.6 is 0 Å². The maximum Gasteiger partial charge on any atom is 0.319 e. The lowest BCUT2D eigenvalue weighted by molar-refractivity contribution is -0.137. The Labute approximate surface area is 152 Å². The van der Waals surface area contributed by atoms with Gasteiger partial charge >= 0.3 is 12.0 Å². The average Bonchev–Trinajstić information content (AvgIpc) is 3.03. The normalized spacial score (nSPS) is 12.5. The van der Waals surface area contributed by atoms with Crippen LogP contribution in [0.2, 0.25) is 0 Å². The van der Waals surface area contributed by atoms with Crippen LogP contribution in [0.5, 0.6) is 0 Å². The molecule has 0 saturated heterocycles. The molecule has 0 fully saturated rings. The first-order chi connectivity index (χ1) is 12.6.